The molecule has 1 rings (SSSR count). The molecule has 24 heavy (non-hydrogen) atoms. The van der Waals surface area contributed by atoms with Crippen molar-refractivity contribution in [2.24, 2.45) is 0 Å². The summed E-state index contributed by atoms with van der Waals surface area (Å²) in [4.78, 5) is 0. The van der Waals surface area contributed by atoms with Gasteiger partial charge in [-0.1, -0.05) is 103 Å². The highest BCUT2D eigenvalue weighted by molar-refractivity contribution is 6.95. The Bertz CT molecular complexity index is 497. The molecule has 0 aliphatic heterocycles. The first kappa shape index (κ1) is 21.7. The average Bonchev–Trinajstić information content (AvgIpc) is 2.35. The molecule has 0 fully saturated rings. The Kier molecular flexibility index (Phi) is 7.55. The molecule has 0 aliphatic carbocycles. The van der Waals surface area contributed by atoms with E-state index in [-0.39, 0.29) is 0 Å². The zero-order valence-electron chi connectivity index (χ0n) is 18.2. The number of benzene rings is 1. The van der Waals surface area contributed by atoms with Crippen LogP contribution in [0.5, 0.6) is 0 Å². The van der Waals surface area contributed by atoms with E-state index < -0.39 is 16.9 Å². The topological polar surface area (TPSA) is 0 Å². The third-order valence-electron chi connectivity index (χ3n) is 6.29. The maximum atomic E-state index is 2.68. The third kappa shape index (κ3) is 4.07. The van der Waals surface area contributed by atoms with Gasteiger partial charge in [0.05, 0.1) is 16.9 Å². The highest BCUT2D eigenvalue weighted by Gasteiger charge is 2.44. The molecule has 0 amide bonds. The van der Waals surface area contributed by atoms with E-state index in [2.05, 4.69) is 94.4 Å². The van der Waals surface area contributed by atoms with E-state index in [1.165, 1.54) is 5.56 Å². The molecule has 0 atom stereocenters. The van der Waals surface area contributed by atoms with Gasteiger partial charge in [0, 0.05) is 0 Å². The van der Waals surface area contributed by atoms with Gasteiger partial charge in [0.25, 0.3) is 0 Å². The first-order valence-corrected chi connectivity index (χ1v) is 14.2. The van der Waals surface area contributed by atoms with Gasteiger partial charge in [0.2, 0.25) is 0 Å². The van der Waals surface area contributed by atoms with Gasteiger partial charge in [-0.25, -0.2) is 0 Å². The van der Waals surface area contributed by atoms with Crippen molar-refractivity contribution < 1.29 is 0 Å². The van der Waals surface area contributed by atoms with E-state index in [0.29, 0.717) is 0 Å². The molecule has 2 heteroatoms. The lowest BCUT2D eigenvalue weighted by Gasteiger charge is -2.44. The van der Waals surface area contributed by atoms with Gasteiger partial charge in [0.15, 0.2) is 0 Å². The molecular formula is C22H42Si2. The van der Waals surface area contributed by atoms with Crippen molar-refractivity contribution in [1.82, 2.24) is 0 Å². The van der Waals surface area contributed by atoms with Gasteiger partial charge < -0.3 is 0 Å². The van der Waals surface area contributed by atoms with E-state index in [4.69, 9.17) is 0 Å². The molecule has 1 aromatic carbocycles. The van der Waals surface area contributed by atoms with E-state index in [1.807, 2.05) is 0 Å². The lowest BCUT2D eigenvalue weighted by molar-refractivity contribution is 0.835. The van der Waals surface area contributed by atoms with E-state index in [0.717, 1.165) is 27.7 Å². The number of aryl methyl sites for hydroxylation is 1. The van der Waals surface area contributed by atoms with Crippen LogP contribution >= 0.6 is 0 Å². The fourth-order valence-corrected chi connectivity index (χ4v) is 16.8. The molecular weight excluding hydrogens is 320 g/mol. The second-order valence-electron chi connectivity index (χ2n) is 9.54. The van der Waals surface area contributed by atoms with E-state index in [9.17, 15) is 0 Å². The van der Waals surface area contributed by atoms with Crippen molar-refractivity contribution in [2.75, 3.05) is 0 Å². The van der Waals surface area contributed by atoms with Crippen molar-refractivity contribution in [3.8, 4) is 0 Å². The second-order valence-corrected chi connectivity index (χ2v) is 19.8. The Labute approximate surface area is 155 Å². The van der Waals surface area contributed by atoms with Crippen LogP contribution in [0.1, 0.15) is 74.8 Å². The Morgan fingerprint density at radius 1 is 0.667 bits per heavy atom. The first-order chi connectivity index (χ1) is 11.0. The van der Waals surface area contributed by atoms with Gasteiger partial charge in [-0.2, -0.15) is 0 Å². The minimum absolute atomic E-state index is 0.783. The molecule has 0 radical (unpaired) electrons. The lowest BCUT2D eigenvalue weighted by Crippen LogP contribution is -2.57. The summed E-state index contributed by atoms with van der Waals surface area (Å²) in [5, 5.41) is 3.45. The molecule has 0 nitrogen and oxygen atoms in total. The Morgan fingerprint density at radius 2 is 1.08 bits per heavy atom. The molecule has 1 aromatic rings. The standard InChI is InChI=1S/C22H42Si2/c1-15(2)23(16(3)4)21-12-20(11)13-22(14-21)24(17(5)6,18(7)8)19(9)10/h12-19,23H,1-11H3. The third-order valence-corrected chi connectivity index (χ3v) is 17.3. The minimum Gasteiger partial charge on any atom is -0.0651 e. The molecule has 0 spiro atoms. The molecule has 0 aliphatic rings. The van der Waals surface area contributed by atoms with Crippen molar-refractivity contribution in [3.63, 3.8) is 0 Å². The average molecular weight is 363 g/mol. The maximum Gasteiger partial charge on any atom is 0.0942 e. The smallest absolute Gasteiger partial charge is 0.0651 e. The zero-order chi connectivity index (χ0) is 18.8. The fourth-order valence-electron chi connectivity index (χ4n) is 5.79. The van der Waals surface area contributed by atoms with Gasteiger partial charge >= 0.3 is 0 Å². The molecule has 0 bridgehead atoms. The monoisotopic (exact) mass is 362 g/mol. The van der Waals surface area contributed by atoms with Gasteiger partial charge in [0.1, 0.15) is 0 Å². The molecule has 0 heterocycles. The van der Waals surface area contributed by atoms with Crippen LogP contribution in [0.25, 0.3) is 0 Å². The quantitative estimate of drug-likeness (QED) is 0.511. The number of hydrogen-bond acceptors (Lipinski definition) is 0. The van der Waals surface area contributed by atoms with Crippen LogP contribution in [0, 0.1) is 6.92 Å². The van der Waals surface area contributed by atoms with Crippen LogP contribution in [-0.2, 0) is 0 Å². The summed E-state index contributed by atoms with van der Waals surface area (Å²) >= 11 is 0. The van der Waals surface area contributed by atoms with Gasteiger partial charge in [-0.15, -0.1) is 0 Å². The highest BCUT2D eigenvalue weighted by atomic mass is 28.3. The number of rotatable bonds is 7. The predicted octanol–water partition coefficient (Wildman–Crippen LogP) is 6.13. The molecule has 0 N–H and O–H groups in total. The summed E-state index contributed by atoms with van der Waals surface area (Å²) in [5.41, 5.74) is 5.49. The summed E-state index contributed by atoms with van der Waals surface area (Å²) in [7, 11) is -2.50. The summed E-state index contributed by atoms with van der Waals surface area (Å²) < 4.78 is 0. The summed E-state index contributed by atoms with van der Waals surface area (Å²) in [5.74, 6) is 0. The van der Waals surface area contributed by atoms with Crippen molar-refractivity contribution >= 4 is 27.2 Å². The molecule has 138 valence electrons. The molecule has 0 saturated heterocycles. The Morgan fingerprint density at radius 3 is 1.42 bits per heavy atom. The zero-order valence-corrected chi connectivity index (χ0v) is 20.4. The molecule has 0 saturated carbocycles. The normalized spacial score (nSPS) is 13.4. The summed E-state index contributed by atoms with van der Waals surface area (Å²) in [6.07, 6.45) is 0. The summed E-state index contributed by atoms with van der Waals surface area (Å²) in [6, 6.07) is 7.73. The van der Waals surface area contributed by atoms with Crippen LogP contribution in [0.2, 0.25) is 27.7 Å². The Balaban J connectivity index is 3.64. The minimum atomic E-state index is -1.56. The molecule has 0 aromatic heterocycles. The maximum absolute atomic E-state index is 2.68. The van der Waals surface area contributed by atoms with Crippen molar-refractivity contribution in [3.05, 3.63) is 23.8 Å². The Hall–Kier alpha value is -0.346. The van der Waals surface area contributed by atoms with E-state index in [1.54, 1.807) is 10.4 Å². The first-order valence-electron chi connectivity index (χ1n) is 10.1. The van der Waals surface area contributed by atoms with Crippen LogP contribution in [-0.4, -0.2) is 16.9 Å². The summed E-state index contributed by atoms with van der Waals surface area (Å²) in [6.45, 7) is 27.0. The number of hydrogen-bond donors (Lipinski definition) is 0. The van der Waals surface area contributed by atoms with Crippen LogP contribution < -0.4 is 10.4 Å². The van der Waals surface area contributed by atoms with E-state index >= 15 is 0 Å². The second kappa shape index (κ2) is 8.36. The van der Waals surface area contributed by atoms with Crippen LogP contribution in [0.3, 0.4) is 0 Å². The van der Waals surface area contributed by atoms with Crippen LogP contribution in [0.4, 0.5) is 0 Å². The SMILES string of the molecule is Cc1cc([SiH](C(C)C)C(C)C)cc([Si](C(C)C)(C(C)C)C(C)C)c1. The highest BCUT2D eigenvalue weighted by Crippen LogP contribution is 2.41. The fraction of sp³-hybridized carbons (Fsp3) is 0.727. The van der Waals surface area contributed by atoms with Crippen molar-refractivity contribution in [1.29, 1.82) is 0 Å². The van der Waals surface area contributed by atoms with Gasteiger partial charge in [-0.3, -0.25) is 0 Å². The molecule has 0 unspecified atom stereocenters. The lowest BCUT2D eigenvalue weighted by atomic mass is 10.2. The largest absolute Gasteiger partial charge is 0.0942 e. The van der Waals surface area contributed by atoms with Gasteiger partial charge in [-0.05, 0) is 34.6 Å². The predicted molar refractivity (Wildman–Crippen MR) is 119 cm³/mol. The van der Waals surface area contributed by atoms with Crippen molar-refractivity contribution in [2.45, 2.75) is 104 Å². The van der Waals surface area contributed by atoms with Crippen LogP contribution in [0.15, 0.2) is 18.2 Å².